The van der Waals surface area contributed by atoms with Gasteiger partial charge in [0.1, 0.15) is 0 Å². The largest absolute Gasteiger partial charge is 0.384 e. The summed E-state index contributed by atoms with van der Waals surface area (Å²) in [6.07, 6.45) is 0. The molecule has 0 amide bonds. The topological polar surface area (TPSA) is 24.1 Å². The first-order chi connectivity index (χ1) is 9.86. The van der Waals surface area contributed by atoms with Crippen molar-refractivity contribution in [1.82, 2.24) is 0 Å². The molecule has 0 aromatic heterocycles. The van der Waals surface area contributed by atoms with Gasteiger partial charge in [-0.1, -0.05) is 42.5 Å². The highest BCUT2D eigenvalue weighted by atomic mass is 14.9. The van der Waals surface area contributed by atoms with E-state index >= 15 is 0 Å². The number of anilines is 3. The Bertz CT molecular complexity index is 719. The van der Waals surface area contributed by atoms with E-state index in [9.17, 15) is 0 Å². The van der Waals surface area contributed by atoms with Crippen molar-refractivity contribution in [3.05, 3.63) is 66.7 Å². The van der Waals surface area contributed by atoms with E-state index < -0.39 is 0 Å². The minimum atomic E-state index is 0.913. The van der Waals surface area contributed by atoms with E-state index in [1.54, 1.807) is 0 Å². The minimum absolute atomic E-state index is 0.913. The maximum atomic E-state index is 3.49. The summed E-state index contributed by atoms with van der Waals surface area (Å²) in [5.74, 6) is 0. The van der Waals surface area contributed by atoms with Crippen LogP contribution in [0.3, 0.4) is 0 Å². The molecule has 0 radical (unpaired) electrons. The van der Waals surface area contributed by atoms with Crippen LogP contribution in [-0.4, -0.2) is 6.54 Å². The van der Waals surface area contributed by atoms with Gasteiger partial charge in [-0.25, -0.2) is 0 Å². The standard InChI is InChI=1S/C18H18N2/c1-2-19-17-9-5-6-10-18(17)20-16-12-11-14-7-3-4-8-15(14)13-16/h3-13,19-20H,2H2,1H3. The lowest BCUT2D eigenvalue weighted by molar-refractivity contribution is 1.21. The van der Waals surface area contributed by atoms with E-state index in [1.807, 2.05) is 12.1 Å². The van der Waals surface area contributed by atoms with E-state index in [-0.39, 0.29) is 0 Å². The lowest BCUT2D eigenvalue weighted by Crippen LogP contribution is -2.00. The first-order valence-electron chi connectivity index (χ1n) is 6.95. The average molecular weight is 262 g/mol. The van der Waals surface area contributed by atoms with Crippen molar-refractivity contribution in [3.8, 4) is 0 Å². The molecule has 0 aliphatic rings. The van der Waals surface area contributed by atoms with Crippen molar-refractivity contribution < 1.29 is 0 Å². The van der Waals surface area contributed by atoms with Crippen LogP contribution < -0.4 is 10.6 Å². The monoisotopic (exact) mass is 262 g/mol. The van der Waals surface area contributed by atoms with Crippen LogP contribution in [0.15, 0.2) is 66.7 Å². The van der Waals surface area contributed by atoms with Crippen molar-refractivity contribution in [2.45, 2.75) is 6.92 Å². The molecule has 2 heteroatoms. The molecule has 0 fully saturated rings. The molecule has 0 bridgehead atoms. The summed E-state index contributed by atoms with van der Waals surface area (Å²) < 4.78 is 0. The molecule has 0 heterocycles. The Morgan fingerprint density at radius 3 is 2.25 bits per heavy atom. The van der Waals surface area contributed by atoms with E-state index in [1.165, 1.54) is 10.8 Å². The Hall–Kier alpha value is -2.48. The Balaban J connectivity index is 1.93. The SMILES string of the molecule is CCNc1ccccc1Nc1ccc2ccccc2c1. The fraction of sp³-hybridized carbons (Fsp3) is 0.111. The van der Waals surface area contributed by atoms with Gasteiger partial charge in [0.05, 0.1) is 11.4 Å². The van der Waals surface area contributed by atoms with Crippen LogP contribution >= 0.6 is 0 Å². The first kappa shape index (κ1) is 12.5. The second-order valence-electron chi connectivity index (χ2n) is 4.76. The van der Waals surface area contributed by atoms with Gasteiger partial charge >= 0.3 is 0 Å². The molecular weight excluding hydrogens is 244 g/mol. The highest BCUT2D eigenvalue weighted by molar-refractivity contribution is 5.87. The molecule has 3 aromatic carbocycles. The molecule has 3 rings (SSSR count). The van der Waals surface area contributed by atoms with Gasteiger partial charge in [0.25, 0.3) is 0 Å². The molecular formula is C18H18N2. The second-order valence-corrected chi connectivity index (χ2v) is 4.76. The van der Waals surface area contributed by atoms with Crippen LogP contribution in [0.25, 0.3) is 10.8 Å². The molecule has 0 saturated heterocycles. The van der Waals surface area contributed by atoms with Crippen LogP contribution in [0.5, 0.6) is 0 Å². The van der Waals surface area contributed by atoms with Gasteiger partial charge < -0.3 is 10.6 Å². The molecule has 0 spiro atoms. The summed E-state index contributed by atoms with van der Waals surface area (Å²) in [4.78, 5) is 0. The van der Waals surface area contributed by atoms with Crippen molar-refractivity contribution in [1.29, 1.82) is 0 Å². The van der Waals surface area contributed by atoms with Crippen molar-refractivity contribution >= 4 is 27.8 Å². The quantitative estimate of drug-likeness (QED) is 0.690. The number of benzene rings is 3. The predicted molar refractivity (Wildman–Crippen MR) is 87.8 cm³/mol. The average Bonchev–Trinajstić information content (AvgIpc) is 2.49. The van der Waals surface area contributed by atoms with Crippen molar-refractivity contribution in [3.63, 3.8) is 0 Å². The number of nitrogens with one attached hydrogen (secondary N) is 2. The molecule has 2 nitrogen and oxygen atoms in total. The van der Waals surface area contributed by atoms with Gasteiger partial charge in [-0.05, 0) is 42.0 Å². The molecule has 0 saturated carbocycles. The highest BCUT2D eigenvalue weighted by Gasteiger charge is 2.01. The molecule has 0 aliphatic carbocycles. The van der Waals surface area contributed by atoms with Gasteiger partial charge in [0.2, 0.25) is 0 Å². The highest BCUT2D eigenvalue weighted by Crippen LogP contribution is 2.27. The zero-order chi connectivity index (χ0) is 13.8. The number of fused-ring (bicyclic) bond motifs is 1. The fourth-order valence-corrected chi connectivity index (χ4v) is 2.36. The number of rotatable bonds is 4. The minimum Gasteiger partial charge on any atom is -0.384 e. The van der Waals surface area contributed by atoms with Gasteiger partial charge in [-0.15, -0.1) is 0 Å². The molecule has 0 unspecified atom stereocenters. The summed E-state index contributed by atoms with van der Waals surface area (Å²) in [7, 11) is 0. The Morgan fingerprint density at radius 1 is 0.750 bits per heavy atom. The van der Waals surface area contributed by atoms with E-state index in [0.29, 0.717) is 0 Å². The number of hydrogen-bond acceptors (Lipinski definition) is 2. The molecule has 20 heavy (non-hydrogen) atoms. The van der Waals surface area contributed by atoms with Crippen molar-refractivity contribution in [2.24, 2.45) is 0 Å². The van der Waals surface area contributed by atoms with Gasteiger partial charge in [-0.2, -0.15) is 0 Å². The molecule has 0 aliphatic heterocycles. The lowest BCUT2D eigenvalue weighted by atomic mass is 10.1. The summed E-state index contributed by atoms with van der Waals surface area (Å²) in [6.45, 7) is 3.02. The number of para-hydroxylation sites is 2. The van der Waals surface area contributed by atoms with Crippen LogP contribution in [-0.2, 0) is 0 Å². The molecule has 0 atom stereocenters. The third kappa shape index (κ3) is 2.59. The molecule has 2 N–H and O–H groups in total. The zero-order valence-corrected chi connectivity index (χ0v) is 11.6. The second kappa shape index (κ2) is 5.66. The van der Waals surface area contributed by atoms with Crippen LogP contribution in [0.1, 0.15) is 6.92 Å². The fourth-order valence-electron chi connectivity index (χ4n) is 2.36. The normalized spacial score (nSPS) is 10.4. The van der Waals surface area contributed by atoms with Gasteiger partial charge in [0.15, 0.2) is 0 Å². The number of hydrogen-bond donors (Lipinski definition) is 2. The smallest absolute Gasteiger partial charge is 0.0620 e. The Labute approximate surface area is 119 Å². The van der Waals surface area contributed by atoms with E-state index in [0.717, 1.165) is 23.6 Å². The first-order valence-corrected chi connectivity index (χ1v) is 6.95. The predicted octanol–water partition coefficient (Wildman–Crippen LogP) is 5.02. The summed E-state index contributed by atoms with van der Waals surface area (Å²) >= 11 is 0. The molecule has 3 aromatic rings. The van der Waals surface area contributed by atoms with Gasteiger partial charge in [0, 0.05) is 12.2 Å². The Kier molecular flexibility index (Phi) is 3.55. The third-order valence-corrected chi connectivity index (χ3v) is 3.32. The summed E-state index contributed by atoms with van der Waals surface area (Å²) in [5, 5.41) is 9.37. The van der Waals surface area contributed by atoms with Crippen LogP contribution in [0, 0.1) is 0 Å². The maximum Gasteiger partial charge on any atom is 0.0620 e. The van der Waals surface area contributed by atoms with Crippen molar-refractivity contribution in [2.75, 3.05) is 17.2 Å². The Morgan fingerprint density at radius 2 is 1.45 bits per heavy atom. The summed E-state index contributed by atoms with van der Waals surface area (Å²) in [6, 6.07) is 23.1. The van der Waals surface area contributed by atoms with Gasteiger partial charge in [-0.3, -0.25) is 0 Å². The van der Waals surface area contributed by atoms with Crippen LogP contribution in [0.2, 0.25) is 0 Å². The zero-order valence-electron chi connectivity index (χ0n) is 11.6. The van der Waals surface area contributed by atoms with E-state index in [2.05, 4.69) is 72.2 Å². The third-order valence-electron chi connectivity index (χ3n) is 3.32. The maximum absolute atomic E-state index is 3.49. The van der Waals surface area contributed by atoms with Crippen LogP contribution in [0.4, 0.5) is 17.1 Å². The lowest BCUT2D eigenvalue weighted by Gasteiger charge is -2.13. The van der Waals surface area contributed by atoms with E-state index in [4.69, 9.17) is 0 Å². The summed E-state index contributed by atoms with van der Waals surface area (Å²) in [5.41, 5.74) is 3.34. The molecule has 100 valence electrons.